The molecule has 0 amide bonds. The summed E-state index contributed by atoms with van der Waals surface area (Å²) in [6.07, 6.45) is 0.899. The predicted octanol–water partition coefficient (Wildman–Crippen LogP) is 1.28. The smallest absolute Gasteiger partial charge is 0.338 e. The first-order chi connectivity index (χ1) is 10.0. The summed E-state index contributed by atoms with van der Waals surface area (Å²) in [6, 6.07) is 3.89. The van der Waals surface area contributed by atoms with Gasteiger partial charge in [0.15, 0.2) is 0 Å². The molecule has 21 heavy (non-hydrogen) atoms. The standard InChI is InChI=1S/C15H20N4O2/c1-4-21-15(20)9-5-11(16)14-12(6-9)17-13-7-10(18(2)3)8-19(13)14/h5-6,10H,4,7-8,16H2,1-3H3/t10-/m0/s1. The highest BCUT2D eigenvalue weighted by atomic mass is 16.5. The van der Waals surface area contributed by atoms with Crippen molar-refractivity contribution < 1.29 is 9.53 Å². The number of hydrogen-bond donors (Lipinski definition) is 1. The third-order valence-corrected chi connectivity index (χ3v) is 4.00. The van der Waals surface area contributed by atoms with Crippen LogP contribution in [0.25, 0.3) is 11.0 Å². The lowest BCUT2D eigenvalue weighted by atomic mass is 10.1. The van der Waals surface area contributed by atoms with Gasteiger partial charge in [-0.25, -0.2) is 9.78 Å². The molecule has 0 saturated carbocycles. The first kappa shape index (κ1) is 13.9. The van der Waals surface area contributed by atoms with Gasteiger partial charge in [-0.2, -0.15) is 0 Å². The van der Waals surface area contributed by atoms with Gasteiger partial charge >= 0.3 is 5.97 Å². The van der Waals surface area contributed by atoms with E-state index in [4.69, 9.17) is 10.5 Å². The Morgan fingerprint density at radius 3 is 2.95 bits per heavy atom. The van der Waals surface area contributed by atoms with Crippen molar-refractivity contribution in [2.45, 2.75) is 25.9 Å². The number of aromatic nitrogens is 2. The van der Waals surface area contributed by atoms with Gasteiger partial charge in [-0.3, -0.25) is 0 Å². The van der Waals surface area contributed by atoms with Crippen molar-refractivity contribution in [2.75, 3.05) is 26.4 Å². The fourth-order valence-electron chi connectivity index (χ4n) is 2.87. The molecule has 2 heterocycles. The van der Waals surface area contributed by atoms with Crippen molar-refractivity contribution in [2.24, 2.45) is 0 Å². The van der Waals surface area contributed by atoms with Crippen LogP contribution in [0.3, 0.4) is 0 Å². The number of nitrogens with zero attached hydrogens (tertiary/aromatic N) is 3. The van der Waals surface area contributed by atoms with Crippen LogP contribution >= 0.6 is 0 Å². The van der Waals surface area contributed by atoms with Crippen molar-refractivity contribution in [3.63, 3.8) is 0 Å². The van der Waals surface area contributed by atoms with E-state index in [0.717, 1.165) is 29.8 Å². The molecule has 6 heteroatoms. The molecular formula is C15H20N4O2. The number of benzene rings is 1. The van der Waals surface area contributed by atoms with Crippen molar-refractivity contribution in [3.05, 3.63) is 23.5 Å². The van der Waals surface area contributed by atoms with E-state index in [-0.39, 0.29) is 5.97 Å². The summed E-state index contributed by atoms with van der Waals surface area (Å²) in [5.41, 5.74) is 8.87. The summed E-state index contributed by atoms with van der Waals surface area (Å²) in [5.74, 6) is 0.668. The van der Waals surface area contributed by atoms with E-state index in [1.807, 2.05) is 0 Å². The maximum atomic E-state index is 11.8. The number of esters is 1. The molecule has 1 aliphatic rings. The van der Waals surface area contributed by atoms with Crippen LogP contribution in [0, 0.1) is 0 Å². The van der Waals surface area contributed by atoms with Gasteiger partial charge in [0.1, 0.15) is 5.82 Å². The second-order valence-corrected chi connectivity index (χ2v) is 5.61. The molecule has 6 nitrogen and oxygen atoms in total. The largest absolute Gasteiger partial charge is 0.462 e. The summed E-state index contributed by atoms with van der Waals surface area (Å²) >= 11 is 0. The fourth-order valence-corrected chi connectivity index (χ4v) is 2.87. The highest BCUT2D eigenvalue weighted by Gasteiger charge is 2.27. The molecule has 1 aromatic heterocycles. The highest BCUT2D eigenvalue weighted by molar-refractivity contribution is 5.98. The minimum absolute atomic E-state index is 0.348. The van der Waals surface area contributed by atoms with Crippen molar-refractivity contribution in [1.82, 2.24) is 14.5 Å². The second kappa shape index (κ2) is 5.04. The van der Waals surface area contributed by atoms with E-state index in [1.165, 1.54) is 0 Å². The summed E-state index contributed by atoms with van der Waals surface area (Å²) in [7, 11) is 4.14. The molecule has 2 N–H and O–H groups in total. The molecule has 0 bridgehead atoms. The number of nitrogens with two attached hydrogens (primary N) is 1. The van der Waals surface area contributed by atoms with Crippen molar-refractivity contribution in [1.29, 1.82) is 0 Å². The van der Waals surface area contributed by atoms with Gasteiger partial charge in [-0.05, 0) is 33.2 Å². The average molecular weight is 288 g/mol. The Labute approximate surface area is 123 Å². The van der Waals surface area contributed by atoms with Crippen LogP contribution in [0.15, 0.2) is 12.1 Å². The lowest BCUT2D eigenvalue weighted by Gasteiger charge is -2.18. The Morgan fingerprint density at radius 1 is 1.52 bits per heavy atom. The number of rotatable bonds is 3. The number of carbonyl (C=O) groups is 1. The van der Waals surface area contributed by atoms with E-state index in [1.54, 1.807) is 19.1 Å². The third-order valence-electron chi connectivity index (χ3n) is 4.00. The third kappa shape index (κ3) is 2.25. The van der Waals surface area contributed by atoms with E-state index in [2.05, 4.69) is 28.5 Å². The molecule has 2 aromatic rings. The molecule has 0 saturated heterocycles. The van der Waals surface area contributed by atoms with Crippen LogP contribution in [-0.4, -0.2) is 47.2 Å². The normalized spacial score (nSPS) is 17.4. The molecule has 3 rings (SSSR count). The fraction of sp³-hybridized carbons (Fsp3) is 0.467. The van der Waals surface area contributed by atoms with Crippen LogP contribution in [0.4, 0.5) is 5.69 Å². The quantitative estimate of drug-likeness (QED) is 0.680. The van der Waals surface area contributed by atoms with Gasteiger partial charge in [-0.15, -0.1) is 0 Å². The number of likely N-dealkylation sites (N-methyl/N-ethyl adjacent to an activating group) is 1. The van der Waals surface area contributed by atoms with Gasteiger partial charge in [0.25, 0.3) is 0 Å². The lowest BCUT2D eigenvalue weighted by molar-refractivity contribution is 0.0526. The summed E-state index contributed by atoms with van der Waals surface area (Å²) in [5, 5.41) is 0. The number of hydrogen-bond acceptors (Lipinski definition) is 5. The minimum Gasteiger partial charge on any atom is -0.462 e. The second-order valence-electron chi connectivity index (χ2n) is 5.61. The number of ether oxygens (including phenoxy) is 1. The van der Waals surface area contributed by atoms with Gasteiger partial charge < -0.3 is 19.9 Å². The zero-order chi connectivity index (χ0) is 15.1. The highest BCUT2D eigenvalue weighted by Crippen LogP contribution is 2.29. The van der Waals surface area contributed by atoms with Crippen LogP contribution in [0.5, 0.6) is 0 Å². The maximum Gasteiger partial charge on any atom is 0.338 e. The number of anilines is 1. The first-order valence-electron chi connectivity index (χ1n) is 7.13. The minimum atomic E-state index is -0.356. The number of carbonyl (C=O) groups excluding carboxylic acids is 1. The number of fused-ring (bicyclic) bond motifs is 3. The first-order valence-corrected chi connectivity index (χ1v) is 7.13. The number of nitrogen functional groups attached to an aromatic ring is 1. The van der Waals surface area contributed by atoms with Crippen LogP contribution in [0.2, 0.25) is 0 Å². The van der Waals surface area contributed by atoms with Crippen LogP contribution in [-0.2, 0) is 17.7 Å². The summed E-state index contributed by atoms with van der Waals surface area (Å²) in [4.78, 5) is 18.7. The Kier molecular flexibility index (Phi) is 3.33. The molecule has 0 aliphatic carbocycles. The van der Waals surface area contributed by atoms with Crippen molar-refractivity contribution >= 4 is 22.7 Å². The Bertz CT molecular complexity index is 705. The monoisotopic (exact) mass is 288 g/mol. The van der Waals surface area contributed by atoms with Gasteiger partial charge in [0.2, 0.25) is 0 Å². The zero-order valence-corrected chi connectivity index (χ0v) is 12.6. The molecule has 1 atom stereocenters. The Hall–Kier alpha value is -2.08. The van der Waals surface area contributed by atoms with Crippen molar-refractivity contribution in [3.8, 4) is 0 Å². The van der Waals surface area contributed by atoms with E-state index in [9.17, 15) is 4.79 Å². The molecule has 0 spiro atoms. The SMILES string of the molecule is CCOC(=O)c1cc(N)c2c(c1)nc1n2C[C@@H](N(C)C)C1. The van der Waals surface area contributed by atoms with E-state index >= 15 is 0 Å². The molecule has 0 unspecified atom stereocenters. The summed E-state index contributed by atoms with van der Waals surface area (Å²) < 4.78 is 7.18. The number of imidazole rings is 1. The predicted molar refractivity (Wildman–Crippen MR) is 81.3 cm³/mol. The van der Waals surface area contributed by atoms with E-state index < -0.39 is 0 Å². The summed E-state index contributed by atoms with van der Waals surface area (Å²) in [6.45, 7) is 3.01. The molecule has 1 aromatic carbocycles. The van der Waals surface area contributed by atoms with Gasteiger partial charge in [0.05, 0.1) is 28.9 Å². The molecule has 0 radical (unpaired) electrons. The average Bonchev–Trinajstić information content (AvgIpc) is 2.95. The van der Waals surface area contributed by atoms with Crippen LogP contribution < -0.4 is 5.73 Å². The molecular weight excluding hydrogens is 268 g/mol. The molecule has 112 valence electrons. The molecule has 0 fully saturated rings. The Morgan fingerprint density at radius 2 is 2.29 bits per heavy atom. The zero-order valence-electron chi connectivity index (χ0n) is 12.6. The lowest BCUT2D eigenvalue weighted by Crippen LogP contribution is -2.29. The van der Waals surface area contributed by atoms with Gasteiger partial charge in [-0.1, -0.05) is 0 Å². The Balaban J connectivity index is 2.03. The van der Waals surface area contributed by atoms with E-state index in [0.29, 0.717) is 23.9 Å². The molecule has 1 aliphatic heterocycles. The topological polar surface area (TPSA) is 73.4 Å². The van der Waals surface area contributed by atoms with Gasteiger partial charge in [0, 0.05) is 19.0 Å². The van der Waals surface area contributed by atoms with Crippen LogP contribution in [0.1, 0.15) is 23.1 Å². The maximum absolute atomic E-state index is 11.8.